The number of hydrogen-bond acceptors (Lipinski definition) is 7. The van der Waals surface area contributed by atoms with Crippen molar-refractivity contribution in [2.75, 3.05) is 5.73 Å². The first kappa shape index (κ1) is 20.9. The number of aromatic nitrogens is 4. The summed E-state index contributed by atoms with van der Waals surface area (Å²) in [7, 11) is 0. The van der Waals surface area contributed by atoms with Crippen LogP contribution in [0.3, 0.4) is 0 Å². The summed E-state index contributed by atoms with van der Waals surface area (Å²) in [6, 6.07) is 0. The molecule has 0 bridgehead atoms. The van der Waals surface area contributed by atoms with E-state index in [1.807, 2.05) is 9.97 Å². The van der Waals surface area contributed by atoms with Gasteiger partial charge in [0.15, 0.2) is 5.82 Å². The molecule has 2 aromatic rings. The molecule has 9 N–H and O–H groups in total. The maximum Gasteiger partial charge on any atom is 0.349 e. The molecule has 13 nitrogen and oxygen atoms in total. The molecule has 0 aromatic carbocycles. The molecule has 0 aliphatic carbocycles. The first-order valence-corrected chi connectivity index (χ1v) is 4.78. The van der Waals surface area contributed by atoms with Crippen LogP contribution < -0.4 is 22.7 Å². The molecule has 0 fully saturated rings. The molecule has 0 aliphatic heterocycles. The molecular weight excluding hydrogens is 311 g/mol. The van der Waals surface area contributed by atoms with E-state index in [9.17, 15) is 28.9 Å². The highest BCUT2D eigenvalue weighted by molar-refractivity contribution is 5.25. The molecule has 0 atom stereocenters. The lowest BCUT2D eigenvalue weighted by Gasteiger charge is -1.89. The molecule has 0 saturated heterocycles. The van der Waals surface area contributed by atoms with Crippen LogP contribution in [0.5, 0.6) is 0 Å². The smallest absolute Gasteiger partial charge is 0.349 e. The number of H-pyrrole nitrogens is 3. The van der Waals surface area contributed by atoms with Gasteiger partial charge in [0.1, 0.15) is 5.82 Å². The van der Waals surface area contributed by atoms with Crippen molar-refractivity contribution in [1.29, 1.82) is 0 Å². The van der Waals surface area contributed by atoms with Crippen LogP contribution in [-0.2, 0) is 0 Å². The van der Waals surface area contributed by atoms with Crippen LogP contribution in [0.2, 0.25) is 0 Å². The van der Waals surface area contributed by atoms with E-state index in [2.05, 4.69) is 4.98 Å². The summed E-state index contributed by atoms with van der Waals surface area (Å²) in [6.45, 7) is 0. The molecule has 14 heteroatoms. The van der Waals surface area contributed by atoms with Crippen molar-refractivity contribution in [1.82, 2.24) is 19.9 Å². The van der Waals surface area contributed by atoms with Crippen LogP contribution >= 0.6 is 0 Å². The predicted octanol–water partition coefficient (Wildman–Crippen LogP) is -3.19. The summed E-state index contributed by atoms with van der Waals surface area (Å²) in [6.07, 6.45) is 1.52. The highest BCUT2D eigenvalue weighted by atomic mass is 19.1. The lowest BCUT2D eigenvalue weighted by molar-refractivity contribution is -0.386. The third-order valence-corrected chi connectivity index (χ3v) is 1.79. The van der Waals surface area contributed by atoms with Gasteiger partial charge in [-0.05, 0) is 0 Å². The molecule has 0 saturated carbocycles. The second-order valence-electron chi connectivity index (χ2n) is 3.16. The normalized spacial score (nSPS) is 8.59. The average molecular weight is 322 g/mol. The standard InChI is InChI=1S/C4H4FN3O.C4H3N3O4.2H2O/c5-2-1-7-4(9)8-3(2)6;8-3-2(7(10)11)1-5-4(9)6-3;;/h1H,(H3,6,7,8,9);1H,(H2,5,6,8,9);2*1H2. The summed E-state index contributed by atoms with van der Waals surface area (Å²) in [5.41, 5.74) is 1.86. The topological polar surface area (TPSA) is 244 Å². The van der Waals surface area contributed by atoms with Crippen molar-refractivity contribution in [3.63, 3.8) is 0 Å². The monoisotopic (exact) mass is 322 g/mol. The Labute approximate surface area is 118 Å². The van der Waals surface area contributed by atoms with Crippen molar-refractivity contribution in [2.45, 2.75) is 0 Å². The van der Waals surface area contributed by atoms with E-state index in [1.54, 1.807) is 4.98 Å². The van der Waals surface area contributed by atoms with Gasteiger partial charge in [-0.15, -0.1) is 0 Å². The lowest BCUT2D eigenvalue weighted by atomic mass is 10.5. The van der Waals surface area contributed by atoms with Gasteiger partial charge in [0, 0.05) is 0 Å². The van der Waals surface area contributed by atoms with Crippen LogP contribution in [0.25, 0.3) is 0 Å². The second kappa shape index (κ2) is 8.72. The largest absolute Gasteiger partial charge is 0.412 e. The molecule has 0 spiro atoms. The molecule has 22 heavy (non-hydrogen) atoms. The van der Waals surface area contributed by atoms with E-state index in [-0.39, 0.29) is 16.8 Å². The highest BCUT2D eigenvalue weighted by Gasteiger charge is 2.10. The first-order valence-electron chi connectivity index (χ1n) is 4.78. The number of aromatic amines is 3. The van der Waals surface area contributed by atoms with E-state index < -0.39 is 33.4 Å². The van der Waals surface area contributed by atoms with E-state index in [0.29, 0.717) is 0 Å². The van der Waals surface area contributed by atoms with Crippen molar-refractivity contribution >= 4 is 11.5 Å². The zero-order valence-electron chi connectivity index (χ0n) is 10.5. The van der Waals surface area contributed by atoms with Gasteiger partial charge >= 0.3 is 22.6 Å². The number of halogens is 1. The van der Waals surface area contributed by atoms with Gasteiger partial charge in [-0.1, -0.05) is 0 Å². The minimum Gasteiger partial charge on any atom is -0.412 e. The van der Waals surface area contributed by atoms with Crippen LogP contribution in [0.4, 0.5) is 15.9 Å². The fourth-order valence-corrected chi connectivity index (χ4v) is 0.930. The minimum absolute atomic E-state index is 0. The van der Waals surface area contributed by atoms with Gasteiger partial charge in [0.25, 0.3) is 0 Å². The Morgan fingerprint density at radius 3 is 2.23 bits per heavy atom. The molecular formula is C8H11FN6O7. The van der Waals surface area contributed by atoms with E-state index in [1.165, 1.54) is 0 Å². The zero-order valence-corrected chi connectivity index (χ0v) is 10.5. The number of nitrogens with zero attached hydrogens (tertiary/aromatic N) is 2. The van der Waals surface area contributed by atoms with Gasteiger partial charge in [-0.25, -0.2) is 14.0 Å². The summed E-state index contributed by atoms with van der Waals surface area (Å²) in [4.78, 5) is 49.0. The zero-order chi connectivity index (χ0) is 15.3. The minimum atomic E-state index is -1.00. The van der Waals surface area contributed by atoms with Crippen molar-refractivity contribution in [2.24, 2.45) is 0 Å². The third kappa shape index (κ3) is 5.72. The molecule has 0 radical (unpaired) electrons. The Kier molecular flexibility index (Phi) is 8.29. The lowest BCUT2D eigenvalue weighted by Crippen LogP contribution is -2.23. The van der Waals surface area contributed by atoms with Crippen LogP contribution in [-0.4, -0.2) is 35.8 Å². The number of anilines is 1. The predicted molar refractivity (Wildman–Crippen MR) is 70.8 cm³/mol. The summed E-state index contributed by atoms with van der Waals surface area (Å²) in [5.74, 6) is -0.996. The Hall–Kier alpha value is -3.39. The van der Waals surface area contributed by atoms with Crippen molar-refractivity contribution in [3.05, 3.63) is 59.6 Å². The number of nitrogens with two attached hydrogens (primary N) is 1. The quantitative estimate of drug-likeness (QED) is 0.309. The van der Waals surface area contributed by atoms with E-state index in [4.69, 9.17) is 5.73 Å². The van der Waals surface area contributed by atoms with Crippen molar-refractivity contribution < 1.29 is 20.3 Å². The van der Waals surface area contributed by atoms with E-state index >= 15 is 0 Å². The fourth-order valence-electron chi connectivity index (χ4n) is 0.930. The Bertz CT molecular complexity index is 796. The fraction of sp³-hybridized carbons (Fsp3) is 0. The molecule has 0 unspecified atom stereocenters. The van der Waals surface area contributed by atoms with Crippen LogP contribution in [0.1, 0.15) is 0 Å². The second-order valence-corrected chi connectivity index (χ2v) is 3.16. The Balaban J connectivity index is 0. The number of nitrogen functional groups attached to an aromatic ring is 1. The van der Waals surface area contributed by atoms with Gasteiger partial charge in [0.2, 0.25) is 0 Å². The molecule has 122 valence electrons. The summed E-state index contributed by atoms with van der Waals surface area (Å²) < 4.78 is 12.1. The molecule has 2 aromatic heterocycles. The number of nitrogens with one attached hydrogen (secondary N) is 3. The maximum atomic E-state index is 12.1. The van der Waals surface area contributed by atoms with Gasteiger partial charge in [0.05, 0.1) is 17.3 Å². The molecule has 0 amide bonds. The van der Waals surface area contributed by atoms with E-state index in [0.717, 1.165) is 12.4 Å². The van der Waals surface area contributed by atoms with Gasteiger partial charge in [-0.3, -0.25) is 24.9 Å². The molecule has 2 heterocycles. The van der Waals surface area contributed by atoms with Crippen molar-refractivity contribution in [3.8, 4) is 0 Å². The first-order chi connectivity index (χ1) is 9.31. The summed E-state index contributed by atoms with van der Waals surface area (Å²) >= 11 is 0. The van der Waals surface area contributed by atoms with Gasteiger partial charge < -0.3 is 21.7 Å². The SMILES string of the molecule is Nc1[nH]c(=O)ncc1F.O.O.O=c1[nH]cc([N+](=O)[O-])c(=O)[nH]1. The maximum absolute atomic E-state index is 12.1. The Morgan fingerprint density at radius 1 is 1.23 bits per heavy atom. The number of rotatable bonds is 1. The van der Waals surface area contributed by atoms with Gasteiger partial charge in [-0.2, -0.15) is 4.98 Å². The van der Waals surface area contributed by atoms with Crippen LogP contribution in [0, 0.1) is 15.9 Å². The Morgan fingerprint density at radius 2 is 1.82 bits per heavy atom. The number of hydrogen-bond donors (Lipinski definition) is 4. The highest BCUT2D eigenvalue weighted by Crippen LogP contribution is 1.97. The molecule has 2 rings (SSSR count). The third-order valence-electron chi connectivity index (χ3n) is 1.79. The average Bonchev–Trinajstić information content (AvgIpc) is 2.34. The van der Waals surface area contributed by atoms with Crippen LogP contribution in [0.15, 0.2) is 26.8 Å². The molecule has 0 aliphatic rings. The summed E-state index contributed by atoms with van der Waals surface area (Å²) in [5, 5.41) is 10.00. The number of nitro groups is 1.